The van der Waals surface area contributed by atoms with Crippen LogP contribution in [0.2, 0.25) is 15.1 Å². The summed E-state index contributed by atoms with van der Waals surface area (Å²) in [4.78, 5) is 15.3. The molecule has 0 saturated heterocycles. The van der Waals surface area contributed by atoms with Crippen LogP contribution in [-0.4, -0.2) is 17.4 Å². The van der Waals surface area contributed by atoms with Crippen LogP contribution in [0.3, 0.4) is 0 Å². The van der Waals surface area contributed by atoms with Gasteiger partial charge in [-0.25, -0.2) is 0 Å². The summed E-state index contributed by atoms with van der Waals surface area (Å²) in [6.45, 7) is 3.51. The van der Waals surface area contributed by atoms with E-state index in [2.05, 4.69) is 4.90 Å². The molecule has 2 heterocycles. The molecular weight excluding hydrogens is 469 g/mol. The topological polar surface area (TPSA) is 38.8 Å². The number of carbonyl (C=O) groups is 1. The number of allylic oxidation sites excluding steroid dienone is 1. The van der Waals surface area contributed by atoms with Crippen LogP contribution >= 0.6 is 34.8 Å². The summed E-state index contributed by atoms with van der Waals surface area (Å²) >= 11 is 18.6. The first kappa shape index (κ1) is 21.4. The molecule has 0 bridgehead atoms. The summed E-state index contributed by atoms with van der Waals surface area (Å²) in [6.07, 6.45) is 1.65. The summed E-state index contributed by atoms with van der Waals surface area (Å²) in [7, 11) is 0. The van der Waals surface area contributed by atoms with E-state index in [0.29, 0.717) is 51.8 Å². The zero-order chi connectivity index (χ0) is 22.4. The molecule has 3 aromatic rings. The second-order valence-electron chi connectivity index (χ2n) is 7.83. The van der Waals surface area contributed by atoms with Crippen LogP contribution in [0.5, 0.6) is 11.5 Å². The molecule has 7 heteroatoms. The Hall–Kier alpha value is -2.50. The molecule has 0 radical (unpaired) electrons. The maximum Gasteiger partial charge on any atom is 0.232 e. The molecule has 2 aliphatic rings. The van der Waals surface area contributed by atoms with Crippen LogP contribution in [0.1, 0.15) is 32.6 Å². The smallest absolute Gasteiger partial charge is 0.232 e. The van der Waals surface area contributed by atoms with Gasteiger partial charge in [-0.2, -0.15) is 0 Å². The lowest BCUT2D eigenvalue weighted by molar-refractivity contribution is 0.0872. The first-order valence-corrected chi connectivity index (χ1v) is 11.2. The zero-order valence-electron chi connectivity index (χ0n) is 17.1. The van der Waals surface area contributed by atoms with E-state index in [1.54, 1.807) is 24.3 Å². The van der Waals surface area contributed by atoms with Crippen molar-refractivity contribution in [1.82, 2.24) is 4.90 Å². The standard InChI is InChI=1S/C25H18Cl3NO3/c1-14-8-21-18(12-29(13-31-21)11-16-4-2-3-5-19(16)27)25-23(14)24(30)22(32-25)9-15-6-7-17(26)10-20(15)28/h2-10H,11-13H2,1H3/b22-9-. The molecule has 0 atom stereocenters. The van der Waals surface area contributed by atoms with E-state index in [-0.39, 0.29) is 11.5 Å². The van der Waals surface area contributed by atoms with Crippen molar-refractivity contribution in [2.75, 3.05) is 6.73 Å². The monoisotopic (exact) mass is 485 g/mol. The molecule has 32 heavy (non-hydrogen) atoms. The molecule has 0 unspecified atom stereocenters. The quantitative estimate of drug-likeness (QED) is 0.377. The van der Waals surface area contributed by atoms with E-state index in [1.807, 2.05) is 37.3 Å². The first-order chi connectivity index (χ1) is 15.4. The van der Waals surface area contributed by atoms with Gasteiger partial charge in [-0.1, -0.05) is 59.1 Å². The molecule has 0 saturated carbocycles. The van der Waals surface area contributed by atoms with Crippen molar-refractivity contribution in [3.05, 3.63) is 97.2 Å². The third kappa shape index (κ3) is 3.89. The second kappa shape index (κ2) is 8.45. The minimum absolute atomic E-state index is 0.172. The van der Waals surface area contributed by atoms with Crippen LogP contribution in [0.25, 0.3) is 6.08 Å². The fraction of sp³-hybridized carbons (Fsp3) is 0.160. The van der Waals surface area contributed by atoms with Crippen LogP contribution in [0, 0.1) is 6.92 Å². The van der Waals surface area contributed by atoms with Crippen molar-refractivity contribution < 1.29 is 14.3 Å². The zero-order valence-corrected chi connectivity index (χ0v) is 19.4. The van der Waals surface area contributed by atoms with E-state index >= 15 is 0 Å². The molecule has 5 rings (SSSR count). The van der Waals surface area contributed by atoms with E-state index in [0.717, 1.165) is 22.4 Å². The molecule has 0 aromatic heterocycles. The summed E-state index contributed by atoms with van der Waals surface area (Å²) in [6, 6.07) is 14.8. The number of Topliss-reactive ketones (excluding diaryl/α,β-unsaturated/α-hetero) is 1. The van der Waals surface area contributed by atoms with Gasteiger partial charge < -0.3 is 9.47 Å². The summed E-state index contributed by atoms with van der Waals surface area (Å²) in [5.74, 6) is 1.33. The van der Waals surface area contributed by atoms with Gasteiger partial charge in [-0.3, -0.25) is 9.69 Å². The number of rotatable bonds is 3. The molecule has 3 aromatic carbocycles. The molecule has 2 aliphatic heterocycles. The maximum atomic E-state index is 13.2. The predicted molar refractivity (Wildman–Crippen MR) is 127 cm³/mol. The minimum atomic E-state index is -0.172. The Morgan fingerprint density at radius 3 is 2.66 bits per heavy atom. The van der Waals surface area contributed by atoms with Crippen molar-refractivity contribution >= 4 is 46.7 Å². The predicted octanol–water partition coefficient (Wildman–Crippen LogP) is 6.92. The Labute approximate surface area is 200 Å². The lowest BCUT2D eigenvalue weighted by Crippen LogP contribution is -2.32. The average molecular weight is 487 g/mol. The van der Waals surface area contributed by atoms with E-state index < -0.39 is 0 Å². The Kier molecular flexibility index (Phi) is 5.64. The van der Waals surface area contributed by atoms with Gasteiger partial charge >= 0.3 is 0 Å². The molecule has 162 valence electrons. The highest BCUT2D eigenvalue weighted by atomic mass is 35.5. The van der Waals surface area contributed by atoms with Gasteiger partial charge in [0.25, 0.3) is 0 Å². The normalized spacial score (nSPS) is 16.5. The molecule has 0 fully saturated rings. The fourth-order valence-corrected chi connectivity index (χ4v) is 4.66. The van der Waals surface area contributed by atoms with Gasteiger partial charge in [-0.05, 0) is 54.0 Å². The highest BCUT2D eigenvalue weighted by Gasteiger charge is 2.35. The number of benzene rings is 3. The number of ether oxygens (including phenoxy) is 2. The molecule has 0 spiro atoms. The van der Waals surface area contributed by atoms with Gasteiger partial charge in [0, 0.05) is 28.2 Å². The second-order valence-corrected chi connectivity index (χ2v) is 9.08. The van der Waals surface area contributed by atoms with Gasteiger partial charge in [0.2, 0.25) is 5.78 Å². The summed E-state index contributed by atoms with van der Waals surface area (Å²) < 4.78 is 12.1. The Bertz CT molecular complexity index is 1290. The fourth-order valence-electron chi connectivity index (χ4n) is 4.00. The number of halogens is 3. The number of aryl methyl sites for hydroxylation is 1. The van der Waals surface area contributed by atoms with Crippen LogP contribution < -0.4 is 9.47 Å². The first-order valence-electron chi connectivity index (χ1n) is 10.0. The van der Waals surface area contributed by atoms with Gasteiger partial charge in [0.1, 0.15) is 18.2 Å². The molecule has 0 amide bonds. The molecule has 0 N–H and O–H groups in total. The Balaban J connectivity index is 1.48. The Morgan fingerprint density at radius 2 is 1.88 bits per heavy atom. The van der Waals surface area contributed by atoms with Crippen molar-refractivity contribution in [1.29, 1.82) is 0 Å². The number of carbonyl (C=O) groups excluding carboxylic acids is 1. The van der Waals surface area contributed by atoms with Gasteiger partial charge in [-0.15, -0.1) is 0 Å². The van der Waals surface area contributed by atoms with E-state index in [9.17, 15) is 4.79 Å². The van der Waals surface area contributed by atoms with E-state index in [4.69, 9.17) is 44.3 Å². The largest absolute Gasteiger partial charge is 0.478 e. The third-order valence-corrected chi connectivity index (χ3v) is 6.52. The summed E-state index contributed by atoms with van der Waals surface area (Å²) in [5.41, 5.74) is 3.90. The van der Waals surface area contributed by atoms with Crippen molar-refractivity contribution in [2.45, 2.75) is 20.0 Å². The van der Waals surface area contributed by atoms with E-state index in [1.165, 1.54) is 0 Å². The van der Waals surface area contributed by atoms with Crippen LogP contribution in [0.15, 0.2) is 54.3 Å². The number of ketones is 1. The van der Waals surface area contributed by atoms with Gasteiger partial charge in [0.15, 0.2) is 5.76 Å². The Morgan fingerprint density at radius 1 is 1.06 bits per heavy atom. The SMILES string of the molecule is Cc1cc2c(c3c1C(=O)/C(=C/c1ccc(Cl)cc1Cl)O3)CN(Cc1ccccc1Cl)CO2. The highest BCUT2D eigenvalue weighted by Crippen LogP contribution is 2.44. The van der Waals surface area contributed by atoms with Crippen molar-refractivity contribution in [3.63, 3.8) is 0 Å². The molecule has 0 aliphatic carbocycles. The number of hydrogen-bond acceptors (Lipinski definition) is 4. The maximum absolute atomic E-state index is 13.2. The summed E-state index contributed by atoms with van der Waals surface area (Å²) in [5, 5.41) is 1.69. The highest BCUT2D eigenvalue weighted by molar-refractivity contribution is 6.35. The number of hydrogen-bond donors (Lipinski definition) is 0. The van der Waals surface area contributed by atoms with Crippen LogP contribution in [-0.2, 0) is 13.1 Å². The van der Waals surface area contributed by atoms with Crippen LogP contribution in [0.4, 0.5) is 0 Å². The molecular formula is C25H18Cl3NO3. The molecule has 4 nitrogen and oxygen atoms in total. The lowest BCUT2D eigenvalue weighted by Gasteiger charge is -2.30. The lowest BCUT2D eigenvalue weighted by atomic mass is 9.98. The van der Waals surface area contributed by atoms with Crippen molar-refractivity contribution in [3.8, 4) is 11.5 Å². The van der Waals surface area contributed by atoms with Gasteiger partial charge in [0.05, 0.1) is 11.1 Å². The third-order valence-electron chi connectivity index (χ3n) is 5.59. The average Bonchev–Trinajstić information content (AvgIpc) is 3.09. The van der Waals surface area contributed by atoms with Crippen molar-refractivity contribution in [2.24, 2.45) is 0 Å². The number of nitrogens with zero attached hydrogens (tertiary/aromatic N) is 1. The minimum Gasteiger partial charge on any atom is -0.478 e. The number of fused-ring (bicyclic) bond motifs is 3.